The van der Waals surface area contributed by atoms with E-state index in [1.165, 1.54) is 0 Å². The van der Waals surface area contributed by atoms with Crippen molar-refractivity contribution in [3.63, 3.8) is 0 Å². The molecule has 1 amide bonds. The Bertz CT molecular complexity index is 557. The molecule has 12 heteroatoms. The molecular formula is C20H39NO8S2Si. The maximum absolute atomic E-state index is 11.9. The second kappa shape index (κ2) is 17.7. The maximum atomic E-state index is 11.9. The molecule has 9 nitrogen and oxygen atoms in total. The van der Waals surface area contributed by atoms with Gasteiger partial charge in [0.15, 0.2) is 0 Å². The predicted octanol–water partition coefficient (Wildman–Crippen LogP) is 3.30. The second-order valence-corrected chi connectivity index (χ2v) is 12.1. The van der Waals surface area contributed by atoms with Crippen molar-refractivity contribution in [1.82, 2.24) is 5.32 Å². The molecule has 1 N–H and O–H groups in total. The summed E-state index contributed by atoms with van der Waals surface area (Å²) in [5, 5.41) is 2.59. The molecule has 0 aromatic carbocycles. The number of hydrogen-bond acceptors (Lipinski definition) is 10. The van der Waals surface area contributed by atoms with Crippen molar-refractivity contribution in [2.45, 2.75) is 52.0 Å². The minimum Gasteiger partial charge on any atom is -0.466 e. The molecule has 0 unspecified atom stereocenters. The van der Waals surface area contributed by atoms with E-state index >= 15 is 0 Å². The summed E-state index contributed by atoms with van der Waals surface area (Å²) in [6, 6.07) is 0.596. The summed E-state index contributed by atoms with van der Waals surface area (Å²) >= 11 is 5.05. The van der Waals surface area contributed by atoms with Crippen LogP contribution in [0.25, 0.3) is 0 Å². The van der Waals surface area contributed by atoms with Crippen molar-refractivity contribution in [2.24, 2.45) is 5.41 Å². The second-order valence-electron chi connectivity index (χ2n) is 7.48. The first-order valence-electron chi connectivity index (χ1n) is 10.7. The molecule has 0 radical (unpaired) electrons. The number of rotatable bonds is 18. The lowest BCUT2D eigenvalue weighted by Crippen LogP contribution is -2.43. The van der Waals surface area contributed by atoms with Crippen LogP contribution < -0.4 is 5.32 Å². The fraction of sp³-hybridized carbons (Fsp3) is 0.850. The highest BCUT2D eigenvalue weighted by Crippen LogP contribution is 2.26. The van der Waals surface area contributed by atoms with Crippen molar-refractivity contribution in [3.05, 3.63) is 0 Å². The average molecular weight is 514 g/mol. The molecular weight excluding hydrogens is 474 g/mol. The first kappa shape index (κ1) is 31.2. The van der Waals surface area contributed by atoms with Gasteiger partial charge in [0.1, 0.15) is 0 Å². The Labute approximate surface area is 202 Å². The topological polar surface area (TPSA) is 109 Å². The minimum atomic E-state index is -2.62. The first-order chi connectivity index (χ1) is 15.2. The molecule has 0 heterocycles. The summed E-state index contributed by atoms with van der Waals surface area (Å²) in [6.45, 7) is 4.99. The highest BCUT2D eigenvalue weighted by Gasteiger charge is 2.36. The number of nitrogens with one attached hydrogen (secondary N) is 1. The van der Waals surface area contributed by atoms with E-state index in [9.17, 15) is 14.4 Å². The van der Waals surface area contributed by atoms with Gasteiger partial charge in [-0.3, -0.25) is 14.4 Å². The van der Waals surface area contributed by atoms with E-state index in [1.807, 2.05) is 13.8 Å². The number of hydrogen-bond donors (Lipinski definition) is 2. The van der Waals surface area contributed by atoms with Crippen LogP contribution in [0.15, 0.2) is 0 Å². The number of thioether (sulfide) groups is 1. The fourth-order valence-corrected chi connectivity index (χ4v) is 5.15. The summed E-state index contributed by atoms with van der Waals surface area (Å²) in [6.07, 6.45) is 2.46. The van der Waals surface area contributed by atoms with Crippen LogP contribution in [0, 0.1) is 5.41 Å². The van der Waals surface area contributed by atoms with E-state index in [4.69, 9.17) is 22.8 Å². The van der Waals surface area contributed by atoms with E-state index < -0.39 is 8.80 Å². The third-order valence-electron chi connectivity index (χ3n) is 5.12. The number of ether oxygens (including phenoxy) is 2. The van der Waals surface area contributed by atoms with Crippen LogP contribution in [0.1, 0.15) is 46.0 Å². The van der Waals surface area contributed by atoms with Crippen LogP contribution in [-0.2, 0) is 32.3 Å². The zero-order valence-electron chi connectivity index (χ0n) is 19.9. The molecule has 0 aromatic rings. The van der Waals surface area contributed by atoms with Crippen LogP contribution in [0.5, 0.6) is 0 Å². The molecule has 0 saturated carbocycles. The molecule has 0 aromatic heterocycles. The monoisotopic (exact) mass is 513 g/mol. The van der Waals surface area contributed by atoms with Gasteiger partial charge in [-0.05, 0) is 19.3 Å². The van der Waals surface area contributed by atoms with E-state index in [0.29, 0.717) is 36.9 Å². The lowest BCUT2D eigenvalue weighted by molar-refractivity contribution is -0.149. The van der Waals surface area contributed by atoms with Crippen molar-refractivity contribution in [2.75, 3.05) is 52.6 Å². The van der Waals surface area contributed by atoms with Gasteiger partial charge in [0.2, 0.25) is 0 Å². The van der Waals surface area contributed by atoms with Gasteiger partial charge in [-0.2, -0.15) is 12.6 Å². The third kappa shape index (κ3) is 13.7. The zero-order chi connectivity index (χ0) is 24.5. The standard InChI is InChI=1S/C20H39NO8S2Si/c1-6-20(2,16-29-17(22)8-13-30)10-12-28-18(23)9-14-31-19(24)21-11-7-15-32(25-3,26-4)27-5/h30H,6-16H2,1-5H3,(H,21,24)/t20-/m0/s1. The lowest BCUT2D eigenvalue weighted by Gasteiger charge is -2.27. The van der Waals surface area contributed by atoms with Gasteiger partial charge < -0.3 is 28.1 Å². The van der Waals surface area contributed by atoms with Crippen molar-refractivity contribution >= 4 is 50.4 Å². The molecule has 0 rings (SSSR count). The molecule has 0 aliphatic rings. The van der Waals surface area contributed by atoms with Crippen molar-refractivity contribution in [1.29, 1.82) is 0 Å². The lowest BCUT2D eigenvalue weighted by atomic mass is 9.85. The van der Waals surface area contributed by atoms with E-state index in [0.717, 1.165) is 18.2 Å². The quantitative estimate of drug-likeness (QED) is 0.123. The molecule has 0 bridgehead atoms. The molecule has 32 heavy (non-hydrogen) atoms. The predicted molar refractivity (Wildman–Crippen MR) is 130 cm³/mol. The molecule has 0 aliphatic heterocycles. The van der Waals surface area contributed by atoms with Gasteiger partial charge in [-0.1, -0.05) is 25.6 Å². The third-order valence-corrected chi connectivity index (χ3v) is 8.99. The minimum absolute atomic E-state index is 0.144. The zero-order valence-corrected chi connectivity index (χ0v) is 22.6. The largest absolute Gasteiger partial charge is 0.500 e. The number of carbonyl (C=O) groups is 3. The fourth-order valence-electron chi connectivity index (χ4n) is 2.58. The van der Waals surface area contributed by atoms with E-state index in [1.54, 1.807) is 21.3 Å². The van der Waals surface area contributed by atoms with Crippen LogP contribution >= 0.6 is 24.4 Å². The molecule has 1 atom stereocenters. The Hall–Kier alpha value is -0.793. The van der Waals surface area contributed by atoms with Gasteiger partial charge in [-0.25, -0.2) is 0 Å². The Morgan fingerprint density at radius 3 is 2.22 bits per heavy atom. The summed E-state index contributed by atoms with van der Waals surface area (Å²) in [4.78, 5) is 35.3. The number of thiol groups is 1. The van der Waals surface area contributed by atoms with Crippen LogP contribution in [0.2, 0.25) is 6.04 Å². The summed E-state index contributed by atoms with van der Waals surface area (Å²) < 4.78 is 26.5. The molecule has 0 fully saturated rings. The summed E-state index contributed by atoms with van der Waals surface area (Å²) in [5.74, 6) is 0.160. The molecule has 0 saturated heterocycles. The van der Waals surface area contributed by atoms with Crippen molar-refractivity contribution < 1.29 is 37.1 Å². The Balaban J connectivity index is 4.00. The number of carbonyl (C=O) groups excluding carboxylic acids is 3. The Morgan fingerprint density at radius 2 is 1.66 bits per heavy atom. The SMILES string of the molecule is CC[C@@](C)(CCOC(=O)CCSC(=O)NCCC[Si](OC)(OC)OC)COC(=O)CCS. The highest BCUT2D eigenvalue weighted by atomic mass is 32.2. The smallest absolute Gasteiger partial charge is 0.466 e. The Kier molecular flexibility index (Phi) is 17.2. The van der Waals surface area contributed by atoms with Gasteiger partial charge in [0.25, 0.3) is 5.24 Å². The van der Waals surface area contributed by atoms with Gasteiger partial charge in [-0.15, -0.1) is 0 Å². The Morgan fingerprint density at radius 1 is 1.03 bits per heavy atom. The number of amides is 1. The molecule has 188 valence electrons. The average Bonchev–Trinajstić information content (AvgIpc) is 2.78. The van der Waals surface area contributed by atoms with Crippen LogP contribution in [-0.4, -0.2) is 78.6 Å². The van der Waals surface area contributed by atoms with Gasteiger partial charge in [0.05, 0.1) is 26.1 Å². The molecule has 0 aliphatic carbocycles. The van der Waals surface area contributed by atoms with E-state index in [-0.39, 0.29) is 48.6 Å². The van der Waals surface area contributed by atoms with Gasteiger partial charge >= 0.3 is 20.7 Å². The maximum Gasteiger partial charge on any atom is 0.500 e. The van der Waals surface area contributed by atoms with Crippen molar-refractivity contribution in [3.8, 4) is 0 Å². The molecule has 0 spiro atoms. The van der Waals surface area contributed by atoms with Crippen LogP contribution in [0.4, 0.5) is 4.79 Å². The van der Waals surface area contributed by atoms with E-state index in [2.05, 4.69) is 17.9 Å². The summed E-state index contributed by atoms with van der Waals surface area (Å²) in [7, 11) is 2.03. The first-order valence-corrected chi connectivity index (χ1v) is 14.2. The highest BCUT2D eigenvalue weighted by molar-refractivity contribution is 8.13. The summed E-state index contributed by atoms with van der Waals surface area (Å²) in [5.41, 5.74) is -0.254. The number of esters is 2. The van der Waals surface area contributed by atoms with Crippen LogP contribution in [0.3, 0.4) is 0 Å². The van der Waals surface area contributed by atoms with Gasteiger partial charge in [0, 0.05) is 50.8 Å². The normalized spacial score (nSPS) is 13.3.